The number of amides is 2. The third kappa shape index (κ3) is 5.14. The topological polar surface area (TPSA) is 90.8 Å². The van der Waals surface area contributed by atoms with E-state index in [1.165, 1.54) is 24.4 Å². The van der Waals surface area contributed by atoms with Gasteiger partial charge in [0.25, 0.3) is 5.91 Å². The predicted molar refractivity (Wildman–Crippen MR) is 96.7 cm³/mol. The maximum atomic E-state index is 13.5. The van der Waals surface area contributed by atoms with Crippen molar-refractivity contribution in [2.45, 2.75) is 20.3 Å². The van der Waals surface area contributed by atoms with Crippen molar-refractivity contribution < 1.29 is 19.1 Å². The van der Waals surface area contributed by atoms with Crippen LogP contribution in [-0.2, 0) is 4.79 Å². The van der Waals surface area contributed by atoms with Crippen LogP contribution in [0.5, 0.6) is 5.75 Å². The first kappa shape index (κ1) is 19.1. The van der Waals surface area contributed by atoms with Crippen LogP contribution < -0.4 is 10.7 Å². The Morgan fingerprint density at radius 1 is 1.19 bits per heavy atom. The first-order valence-corrected chi connectivity index (χ1v) is 8.03. The smallest absolute Gasteiger partial charge is 0.254 e. The van der Waals surface area contributed by atoms with Crippen molar-refractivity contribution in [1.82, 2.24) is 10.7 Å². The van der Waals surface area contributed by atoms with Crippen LogP contribution in [0.2, 0.25) is 0 Å². The number of nitrogens with one attached hydrogen (secondary N) is 2. The first-order chi connectivity index (χ1) is 12.4. The minimum absolute atomic E-state index is 0.00513. The molecule has 0 aromatic heterocycles. The molecule has 0 fully saturated rings. The Morgan fingerprint density at radius 3 is 2.50 bits per heavy atom. The number of hydrogen-bond donors (Lipinski definition) is 3. The number of rotatable bonds is 6. The molecule has 0 aliphatic carbocycles. The molecule has 0 unspecified atom stereocenters. The van der Waals surface area contributed by atoms with Gasteiger partial charge < -0.3 is 10.4 Å². The third-order valence-electron chi connectivity index (χ3n) is 3.67. The van der Waals surface area contributed by atoms with Crippen LogP contribution in [0, 0.1) is 19.7 Å². The molecule has 0 saturated heterocycles. The maximum Gasteiger partial charge on any atom is 0.254 e. The molecule has 0 radical (unpaired) electrons. The summed E-state index contributed by atoms with van der Waals surface area (Å²) in [6.45, 7) is 3.61. The van der Waals surface area contributed by atoms with Gasteiger partial charge in [0, 0.05) is 13.0 Å². The fourth-order valence-electron chi connectivity index (χ4n) is 2.33. The average molecular weight is 357 g/mol. The van der Waals surface area contributed by atoms with E-state index in [0.29, 0.717) is 11.1 Å². The fraction of sp³-hybridized carbons (Fsp3) is 0.211. The Kier molecular flexibility index (Phi) is 6.43. The lowest BCUT2D eigenvalue weighted by molar-refractivity contribution is -0.120. The second kappa shape index (κ2) is 8.75. The number of benzene rings is 2. The van der Waals surface area contributed by atoms with Gasteiger partial charge in [-0.1, -0.05) is 12.1 Å². The van der Waals surface area contributed by atoms with Gasteiger partial charge in [0.05, 0.1) is 11.8 Å². The SMILES string of the molecule is Cc1cc(C=NNC(=O)CCNC(=O)c2ccccc2F)cc(C)c1O. The molecule has 3 N–H and O–H groups in total. The molecule has 0 saturated carbocycles. The quantitative estimate of drug-likeness (QED) is 0.548. The number of hydrazone groups is 1. The minimum atomic E-state index is -0.612. The van der Waals surface area contributed by atoms with Crippen molar-refractivity contribution in [1.29, 1.82) is 0 Å². The lowest BCUT2D eigenvalue weighted by Gasteiger charge is -2.06. The number of hydrogen-bond acceptors (Lipinski definition) is 4. The van der Waals surface area contributed by atoms with Crippen LogP contribution in [0.3, 0.4) is 0 Å². The largest absolute Gasteiger partial charge is 0.507 e. The van der Waals surface area contributed by atoms with Gasteiger partial charge >= 0.3 is 0 Å². The molecule has 0 spiro atoms. The van der Waals surface area contributed by atoms with E-state index in [1.807, 2.05) is 0 Å². The van der Waals surface area contributed by atoms with E-state index in [0.717, 1.165) is 5.56 Å². The van der Waals surface area contributed by atoms with Gasteiger partial charge in [0.1, 0.15) is 11.6 Å². The van der Waals surface area contributed by atoms with Gasteiger partial charge in [-0.15, -0.1) is 0 Å². The fourth-order valence-corrected chi connectivity index (χ4v) is 2.33. The van der Waals surface area contributed by atoms with Crippen molar-refractivity contribution in [3.8, 4) is 5.75 Å². The number of carbonyl (C=O) groups excluding carboxylic acids is 2. The molecular formula is C19H20FN3O3. The summed E-state index contributed by atoms with van der Waals surface area (Å²) >= 11 is 0. The van der Waals surface area contributed by atoms with Gasteiger partial charge in [-0.05, 0) is 54.8 Å². The summed E-state index contributed by atoms with van der Waals surface area (Å²) in [5, 5.41) is 16.0. The molecule has 2 rings (SSSR count). The monoisotopic (exact) mass is 357 g/mol. The van der Waals surface area contributed by atoms with E-state index in [-0.39, 0.29) is 30.2 Å². The van der Waals surface area contributed by atoms with Crippen molar-refractivity contribution in [3.05, 3.63) is 64.5 Å². The molecule has 0 atom stereocenters. The molecule has 0 heterocycles. The van der Waals surface area contributed by atoms with Gasteiger partial charge in [0.15, 0.2) is 0 Å². The Hall–Kier alpha value is -3.22. The zero-order valence-corrected chi connectivity index (χ0v) is 14.5. The molecule has 7 heteroatoms. The highest BCUT2D eigenvalue weighted by atomic mass is 19.1. The van der Waals surface area contributed by atoms with E-state index >= 15 is 0 Å². The van der Waals surface area contributed by atoms with Crippen molar-refractivity contribution in [2.24, 2.45) is 5.10 Å². The zero-order chi connectivity index (χ0) is 19.1. The number of phenols is 1. The Labute approximate surface area is 150 Å². The first-order valence-electron chi connectivity index (χ1n) is 8.03. The highest BCUT2D eigenvalue weighted by Crippen LogP contribution is 2.21. The maximum absolute atomic E-state index is 13.5. The van der Waals surface area contributed by atoms with Gasteiger partial charge in [-0.25, -0.2) is 9.82 Å². The van der Waals surface area contributed by atoms with Gasteiger partial charge in [-0.2, -0.15) is 5.10 Å². The van der Waals surface area contributed by atoms with E-state index in [2.05, 4.69) is 15.8 Å². The lowest BCUT2D eigenvalue weighted by Crippen LogP contribution is -2.29. The number of aromatic hydroxyl groups is 1. The minimum Gasteiger partial charge on any atom is -0.507 e. The van der Waals surface area contributed by atoms with Crippen molar-refractivity contribution in [2.75, 3.05) is 6.54 Å². The Bertz CT molecular complexity index is 827. The Morgan fingerprint density at radius 2 is 1.85 bits per heavy atom. The summed E-state index contributed by atoms with van der Waals surface area (Å²) in [5.74, 6) is -1.34. The molecule has 6 nitrogen and oxygen atoms in total. The number of carbonyl (C=O) groups is 2. The van der Waals surface area contributed by atoms with Crippen LogP contribution in [0.4, 0.5) is 4.39 Å². The molecule has 0 aliphatic rings. The average Bonchev–Trinajstić information content (AvgIpc) is 2.60. The molecule has 136 valence electrons. The molecule has 2 aromatic carbocycles. The molecule has 0 aliphatic heterocycles. The van der Waals surface area contributed by atoms with Gasteiger partial charge in [-0.3, -0.25) is 9.59 Å². The second-order valence-corrected chi connectivity index (χ2v) is 5.78. The summed E-state index contributed by atoms with van der Waals surface area (Å²) in [7, 11) is 0. The van der Waals surface area contributed by atoms with Crippen LogP contribution in [0.1, 0.15) is 33.5 Å². The number of halogens is 1. The lowest BCUT2D eigenvalue weighted by atomic mass is 10.1. The predicted octanol–water partition coefficient (Wildman–Crippen LogP) is 2.42. The summed E-state index contributed by atoms with van der Waals surface area (Å²) in [5.41, 5.74) is 4.46. The number of nitrogens with zero attached hydrogens (tertiary/aromatic N) is 1. The summed E-state index contributed by atoms with van der Waals surface area (Å²) in [6.07, 6.45) is 1.47. The van der Waals surface area contributed by atoms with Crippen molar-refractivity contribution in [3.63, 3.8) is 0 Å². The normalized spacial score (nSPS) is 10.7. The highest BCUT2D eigenvalue weighted by Gasteiger charge is 2.10. The molecule has 2 aromatic rings. The van der Waals surface area contributed by atoms with Crippen LogP contribution in [-0.4, -0.2) is 29.7 Å². The van der Waals surface area contributed by atoms with Crippen molar-refractivity contribution >= 4 is 18.0 Å². The van der Waals surface area contributed by atoms with Crippen LogP contribution >= 0.6 is 0 Å². The highest BCUT2D eigenvalue weighted by molar-refractivity contribution is 5.94. The van der Waals surface area contributed by atoms with Gasteiger partial charge in [0.2, 0.25) is 5.91 Å². The molecule has 2 amide bonds. The van der Waals surface area contributed by atoms with E-state index in [9.17, 15) is 19.1 Å². The number of phenolic OH excluding ortho intramolecular Hbond substituents is 1. The van der Waals surface area contributed by atoms with Crippen LogP contribution in [0.15, 0.2) is 41.5 Å². The third-order valence-corrected chi connectivity index (χ3v) is 3.67. The Balaban J connectivity index is 1.79. The summed E-state index contributed by atoms with van der Waals surface area (Å²) in [6, 6.07) is 9.11. The zero-order valence-electron chi connectivity index (χ0n) is 14.5. The summed E-state index contributed by atoms with van der Waals surface area (Å²) in [4.78, 5) is 23.5. The molecular weight excluding hydrogens is 337 g/mol. The van der Waals surface area contributed by atoms with E-state index in [4.69, 9.17) is 0 Å². The standard InChI is InChI=1S/C19H20FN3O3/c1-12-9-14(10-13(2)18(12)25)11-22-23-17(24)7-8-21-19(26)15-5-3-4-6-16(15)20/h3-6,9-11,25H,7-8H2,1-2H3,(H,21,26)(H,23,24). The second-order valence-electron chi connectivity index (χ2n) is 5.78. The molecule has 26 heavy (non-hydrogen) atoms. The van der Waals surface area contributed by atoms with Crippen LogP contribution in [0.25, 0.3) is 0 Å². The summed E-state index contributed by atoms with van der Waals surface area (Å²) < 4.78 is 13.5. The van der Waals surface area contributed by atoms with E-state index < -0.39 is 11.7 Å². The molecule has 0 bridgehead atoms. The van der Waals surface area contributed by atoms with E-state index in [1.54, 1.807) is 32.0 Å². The number of aryl methyl sites for hydroxylation is 2.